The van der Waals surface area contributed by atoms with Gasteiger partial charge in [-0.25, -0.2) is 0 Å². The van der Waals surface area contributed by atoms with Crippen LogP contribution in [0.2, 0.25) is 0 Å². The van der Waals surface area contributed by atoms with E-state index in [9.17, 15) is 4.79 Å². The molecule has 6 heteroatoms. The molecule has 1 fully saturated rings. The number of guanidine groups is 1. The van der Waals surface area contributed by atoms with Gasteiger partial charge >= 0.3 is 0 Å². The SMILES string of the molecule is CCNC(=NCCNC(=O)C(C)C)NC1CCN(c2ccc(C(C)(C)C)cc2)CC1. The van der Waals surface area contributed by atoms with Gasteiger partial charge < -0.3 is 20.9 Å². The number of rotatable bonds is 7. The number of amides is 1. The largest absolute Gasteiger partial charge is 0.371 e. The number of hydrogen-bond acceptors (Lipinski definition) is 3. The van der Waals surface area contributed by atoms with E-state index in [0.29, 0.717) is 19.1 Å². The van der Waals surface area contributed by atoms with E-state index in [1.807, 2.05) is 13.8 Å². The summed E-state index contributed by atoms with van der Waals surface area (Å²) in [6.45, 7) is 16.7. The highest BCUT2D eigenvalue weighted by Crippen LogP contribution is 2.26. The third-order valence-electron chi connectivity index (χ3n) is 5.48. The van der Waals surface area contributed by atoms with Crippen LogP contribution in [0, 0.1) is 5.92 Å². The molecular weight excluding hydrogens is 374 g/mol. The van der Waals surface area contributed by atoms with Crippen molar-refractivity contribution >= 4 is 17.6 Å². The normalized spacial score (nSPS) is 16.0. The van der Waals surface area contributed by atoms with Crippen molar-refractivity contribution in [2.24, 2.45) is 10.9 Å². The van der Waals surface area contributed by atoms with Crippen molar-refractivity contribution in [2.75, 3.05) is 37.6 Å². The average Bonchev–Trinajstić information content (AvgIpc) is 2.71. The zero-order chi connectivity index (χ0) is 22.1. The molecule has 0 atom stereocenters. The van der Waals surface area contributed by atoms with E-state index in [-0.39, 0.29) is 17.2 Å². The van der Waals surface area contributed by atoms with Gasteiger partial charge in [-0.05, 0) is 42.9 Å². The van der Waals surface area contributed by atoms with E-state index >= 15 is 0 Å². The first-order chi connectivity index (χ1) is 14.2. The molecule has 1 aromatic rings. The van der Waals surface area contributed by atoms with Gasteiger partial charge in [-0.15, -0.1) is 0 Å². The molecule has 1 amide bonds. The summed E-state index contributed by atoms with van der Waals surface area (Å²) < 4.78 is 0. The van der Waals surface area contributed by atoms with Crippen LogP contribution in [-0.4, -0.2) is 50.6 Å². The molecule has 2 rings (SSSR count). The second-order valence-corrected chi connectivity index (χ2v) is 9.41. The number of aliphatic imine (C=N–C) groups is 1. The van der Waals surface area contributed by atoms with Crippen LogP contribution >= 0.6 is 0 Å². The Bertz CT molecular complexity index is 683. The number of carbonyl (C=O) groups is 1. The fourth-order valence-corrected chi connectivity index (χ4v) is 3.52. The van der Waals surface area contributed by atoms with Gasteiger partial charge in [0.15, 0.2) is 5.96 Å². The summed E-state index contributed by atoms with van der Waals surface area (Å²) in [6, 6.07) is 9.44. The molecule has 0 aromatic heterocycles. The van der Waals surface area contributed by atoms with Crippen LogP contribution < -0.4 is 20.9 Å². The van der Waals surface area contributed by atoms with Crippen molar-refractivity contribution in [3.8, 4) is 0 Å². The monoisotopic (exact) mass is 415 g/mol. The van der Waals surface area contributed by atoms with Crippen molar-refractivity contribution in [1.82, 2.24) is 16.0 Å². The zero-order valence-corrected chi connectivity index (χ0v) is 19.7. The first-order valence-electron chi connectivity index (χ1n) is 11.4. The van der Waals surface area contributed by atoms with Crippen LogP contribution in [0.15, 0.2) is 29.3 Å². The Balaban J connectivity index is 1.82. The molecule has 1 aromatic carbocycles. The quantitative estimate of drug-likeness (QED) is 0.363. The van der Waals surface area contributed by atoms with Crippen molar-refractivity contribution in [3.05, 3.63) is 29.8 Å². The lowest BCUT2D eigenvalue weighted by Crippen LogP contribution is -2.49. The highest BCUT2D eigenvalue weighted by molar-refractivity contribution is 5.80. The van der Waals surface area contributed by atoms with Gasteiger partial charge in [0.1, 0.15) is 0 Å². The summed E-state index contributed by atoms with van der Waals surface area (Å²) in [5.41, 5.74) is 2.87. The van der Waals surface area contributed by atoms with E-state index < -0.39 is 0 Å². The molecule has 0 radical (unpaired) electrons. The summed E-state index contributed by atoms with van der Waals surface area (Å²) >= 11 is 0. The van der Waals surface area contributed by atoms with Crippen molar-refractivity contribution < 1.29 is 4.79 Å². The fourth-order valence-electron chi connectivity index (χ4n) is 3.52. The van der Waals surface area contributed by atoms with E-state index in [1.165, 1.54) is 11.3 Å². The van der Waals surface area contributed by atoms with Gasteiger partial charge in [0.2, 0.25) is 5.91 Å². The Morgan fingerprint density at radius 3 is 2.30 bits per heavy atom. The van der Waals surface area contributed by atoms with Crippen LogP contribution in [0.4, 0.5) is 5.69 Å². The van der Waals surface area contributed by atoms with E-state index in [1.54, 1.807) is 0 Å². The van der Waals surface area contributed by atoms with Crippen LogP contribution in [0.5, 0.6) is 0 Å². The number of anilines is 1. The van der Waals surface area contributed by atoms with Crippen molar-refractivity contribution in [2.45, 2.75) is 65.8 Å². The number of hydrogen-bond donors (Lipinski definition) is 3. The number of benzene rings is 1. The van der Waals surface area contributed by atoms with E-state index in [2.05, 4.69) is 77.8 Å². The van der Waals surface area contributed by atoms with Crippen molar-refractivity contribution in [1.29, 1.82) is 0 Å². The Morgan fingerprint density at radius 1 is 1.13 bits per heavy atom. The lowest BCUT2D eigenvalue weighted by molar-refractivity contribution is -0.123. The predicted octanol–water partition coefficient (Wildman–Crippen LogP) is 3.28. The molecular formula is C24H41N5O. The Labute approximate surface area is 182 Å². The summed E-state index contributed by atoms with van der Waals surface area (Å²) in [7, 11) is 0. The molecule has 1 saturated heterocycles. The first-order valence-corrected chi connectivity index (χ1v) is 11.4. The topological polar surface area (TPSA) is 68.8 Å². The molecule has 3 N–H and O–H groups in total. The molecule has 6 nitrogen and oxygen atoms in total. The number of nitrogens with zero attached hydrogens (tertiary/aromatic N) is 2. The van der Waals surface area contributed by atoms with Gasteiger partial charge in [0, 0.05) is 43.8 Å². The first kappa shape index (κ1) is 24.0. The summed E-state index contributed by atoms with van der Waals surface area (Å²) in [5.74, 6) is 0.922. The molecule has 30 heavy (non-hydrogen) atoms. The Morgan fingerprint density at radius 2 is 1.77 bits per heavy atom. The average molecular weight is 416 g/mol. The minimum atomic E-state index is 0.00944. The molecule has 0 unspecified atom stereocenters. The lowest BCUT2D eigenvalue weighted by atomic mass is 9.87. The molecule has 1 heterocycles. The van der Waals surface area contributed by atoms with Gasteiger partial charge in [0.25, 0.3) is 0 Å². The van der Waals surface area contributed by atoms with Crippen LogP contribution in [0.25, 0.3) is 0 Å². The molecule has 168 valence electrons. The molecule has 0 aliphatic carbocycles. The van der Waals surface area contributed by atoms with Crippen LogP contribution in [0.1, 0.15) is 59.9 Å². The Hall–Kier alpha value is -2.24. The maximum Gasteiger partial charge on any atom is 0.222 e. The number of carbonyl (C=O) groups excluding carboxylic acids is 1. The molecule has 0 spiro atoms. The molecule has 1 aliphatic heterocycles. The maximum atomic E-state index is 11.6. The lowest BCUT2D eigenvalue weighted by Gasteiger charge is -2.35. The summed E-state index contributed by atoms with van der Waals surface area (Å²) in [6.07, 6.45) is 2.16. The highest BCUT2D eigenvalue weighted by Gasteiger charge is 2.21. The molecule has 0 bridgehead atoms. The standard InChI is InChI=1S/C24H41N5O/c1-7-25-23(27-15-14-26-22(30)18(2)3)28-20-12-16-29(17-13-20)21-10-8-19(9-11-21)24(4,5)6/h8-11,18,20H,7,12-17H2,1-6H3,(H,26,30)(H2,25,27,28). The molecule has 0 saturated carbocycles. The minimum Gasteiger partial charge on any atom is -0.371 e. The third-order valence-corrected chi connectivity index (χ3v) is 5.48. The highest BCUT2D eigenvalue weighted by atomic mass is 16.1. The fraction of sp³-hybridized carbons (Fsp3) is 0.667. The van der Waals surface area contributed by atoms with E-state index in [0.717, 1.165) is 38.4 Å². The summed E-state index contributed by atoms with van der Waals surface area (Å²) in [4.78, 5) is 18.7. The van der Waals surface area contributed by atoms with Gasteiger partial charge in [-0.2, -0.15) is 0 Å². The number of piperidine rings is 1. The third kappa shape index (κ3) is 7.54. The van der Waals surface area contributed by atoms with Crippen LogP contribution in [0.3, 0.4) is 0 Å². The molecule has 1 aliphatic rings. The minimum absolute atomic E-state index is 0.00944. The predicted molar refractivity (Wildman–Crippen MR) is 127 cm³/mol. The van der Waals surface area contributed by atoms with Gasteiger partial charge in [-0.1, -0.05) is 46.8 Å². The maximum absolute atomic E-state index is 11.6. The van der Waals surface area contributed by atoms with Crippen LogP contribution in [-0.2, 0) is 10.2 Å². The van der Waals surface area contributed by atoms with E-state index in [4.69, 9.17) is 0 Å². The second kappa shape index (κ2) is 11.2. The number of nitrogens with one attached hydrogen (secondary N) is 3. The zero-order valence-electron chi connectivity index (χ0n) is 19.7. The second-order valence-electron chi connectivity index (χ2n) is 9.41. The Kier molecular flexibility index (Phi) is 9.00. The smallest absolute Gasteiger partial charge is 0.222 e. The summed E-state index contributed by atoms with van der Waals surface area (Å²) in [5, 5.41) is 9.80. The van der Waals surface area contributed by atoms with Gasteiger partial charge in [-0.3, -0.25) is 9.79 Å². The van der Waals surface area contributed by atoms with Crippen molar-refractivity contribution in [3.63, 3.8) is 0 Å². The van der Waals surface area contributed by atoms with Gasteiger partial charge in [0.05, 0.1) is 6.54 Å².